The van der Waals surface area contributed by atoms with Crippen LogP contribution in [0, 0.1) is 6.92 Å². The number of hydrogen-bond acceptors (Lipinski definition) is 5. The fourth-order valence-electron chi connectivity index (χ4n) is 0.901. The van der Waals surface area contributed by atoms with Crippen LogP contribution in [0.2, 0.25) is 0 Å². The zero-order valence-electron chi connectivity index (χ0n) is 7.31. The van der Waals surface area contributed by atoms with Crippen molar-refractivity contribution in [2.45, 2.75) is 11.8 Å². The molecule has 13 heavy (non-hydrogen) atoms. The highest BCUT2D eigenvalue weighted by Crippen LogP contribution is 2.30. The molecule has 0 bridgehead atoms. The molecule has 5 heteroatoms. The topological polar surface area (TPSA) is 47.9 Å². The molecular weight excluding hydrogens is 192 g/mol. The molecule has 1 rings (SSSR count). The third kappa shape index (κ3) is 2.89. The van der Waals surface area contributed by atoms with E-state index in [9.17, 15) is 0 Å². The average Bonchev–Trinajstić information content (AvgIpc) is 2.15. The van der Waals surface area contributed by atoms with Crippen molar-refractivity contribution in [2.24, 2.45) is 0 Å². The highest BCUT2D eigenvalue weighted by molar-refractivity contribution is 7.94. The minimum absolute atomic E-state index is 0.674. The highest BCUT2D eigenvalue weighted by Gasteiger charge is 2.04. The van der Waals surface area contributed by atoms with Crippen LogP contribution in [0.4, 0.5) is 0 Å². The number of methoxy groups -OCH3 is 1. The van der Waals surface area contributed by atoms with Gasteiger partial charge in [-0.2, -0.15) is 0 Å². The number of benzene rings is 1. The summed E-state index contributed by atoms with van der Waals surface area (Å²) in [5.41, 5.74) is 1.07. The van der Waals surface area contributed by atoms with Gasteiger partial charge < -0.3 is 4.74 Å². The Hall–Kier alpha value is -0.750. The zero-order valence-corrected chi connectivity index (χ0v) is 8.13. The van der Waals surface area contributed by atoms with E-state index in [0.29, 0.717) is 5.75 Å². The summed E-state index contributed by atoms with van der Waals surface area (Å²) in [7, 11) is 1.56. The van der Waals surface area contributed by atoms with Crippen LogP contribution >= 0.6 is 12.0 Å². The predicted molar refractivity (Wildman–Crippen MR) is 48.4 cm³/mol. The summed E-state index contributed by atoms with van der Waals surface area (Å²) in [6.45, 7) is 1.95. The summed E-state index contributed by atoms with van der Waals surface area (Å²) >= 11 is 0.889. The van der Waals surface area contributed by atoms with Gasteiger partial charge in [-0.05, 0) is 24.6 Å². The van der Waals surface area contributed by atoms with Gasteiger partial charge in [0.15, 0.2) is 0 Å². The lowest BCUT2D eigenvalue weighted by molar-refractivity contribution is -0.432. The van der Waals surface area contributed by atoms with E-state index in [1.807, 2.05) is 25.1 Å². The molecule has 0 aliphatic rings. The minimum Gasteiger partial charge on any atom is -0.495 e. The Balaban J connectivity index is 2.81. The van der Waals surface area contributed by atoms with Crippen LogP contribution in [0.5, 0.6) is 5.75 Å². The lowest BCUT2D eigenvalue weighted by Crippen LogP contribution is -1.88. The van der Waals surface area contributed by atoms with Crippen LogP contribution < -0.4 is 4.74 Å². The summed E-state index contributed by atoms with van der Waals surface area (Å²) in [6, 6.07) is 5.60. The van der Waals surface area contributed by atoms with Crippen LogP contribution in [0.15, 0.2) is 23.1 Å². The highest BCUT2D eigenvalue weighted by atomic mass is 32.2. The Bertz CT molecular complexity index is 277. The lowest BCUT2D eigenvalue weighted by Gasteiger charge is -2.06. The lowest BCUT2D eigenvalue weighted by atomic mass is 10.2. The Morgan fingerprint density at radius 2 is 2.15 bits per heavy atom. The van der Waals surface area contributed by atoms with E-state index in [1.165, 1.54) is 0 Å². The molecule has 1 N–H and O–H groups in total. The molecule has 0 amide bonds. The summed E-state index contributed by atoms with van der Waals surface area (Å²) < 4.78 is 9.37. The largest absolute Gasteiger partial charge is 0.495 e. The summed E-state index contributed by atoms with van der Waals surface area (Å²) in [6.07, 6.45) is 0. The van der Waals surface area contributed by atoms with Gasteiger partial charge in [-0.3, -0.25) is 0 Å². The van der Waals surface area contributed by atoms with Gasteiger partial charge >= 0.3 is 0 Å². The van der Waals surface area contributed by atoms with Crippen LogP contribution in [0.1, 0.15) is 5.56 Å². The first kappa shape index (κ1) is 10.3. The third-order valence-electron chi connectivity index (χ3n) is 1.47. The Kier molecular flexibility index (Phi) is 4.04. The third-order valence-corrected chi connectivity index (χ3v) is 2.10. The Labute approximate surface area is 80.5 Å². The van der Waals surface area contributed by atoms with Crippen LogP contribution in [-0.2, 0) is 9.37 Å². The second kappa shape index (κ2) is 5.08. The molecule has 72 valence electrons. The first-order valence-electron chi connectivity index (χ1n) is 3.57. The van der Waals surface area contributed by atoms with E-state index in [-0.39, 0.29) is 0 Å². The molecule has 0 aliphatic carbocycles. The molecule has 0 saturated carbocycles. The van der Waals surface area contributed by atoms with Crippen molar-refractivity contribution in [3.8, 4) is 5.75 Å². The van der Waals surface area contributed by atoms with E-state index >= 15 is 0 Å². The van der Waals surface area contributed by atoms with E-state index in [2.05, 4.69) is 9.37 Å². The van der Waals surface area contributed by atoms with Crippen molar-refractivity contribution in [2.75, 3.05) is 7.11 Å². The molecule has 0 fully saturated rings. The summed E-state index contributed by atoms with van der Waals surface area (Å²) in [4.78, 5) is 0.747. The number of aryl methyl sites for hydroxylation is 1. The van der Waals surface area contributed by atoms with Crippen molar-refractivity contribution in [3.63, 3.8) is 0 Å². The monoisotopic (exact) mass is 202 g/mol. The smallest absolute Gasteiger partial charge is 0.134 e. The normalized spacial score (nSPS) is 10.1. The molecule has 0 aliphatic heterocycles. The quantitative estimate of drug-likeness (QED) is 0.461. The molecular formula is C8H10O4S. The number of ether oxygens (including phenoxy) is 1. The molecule has 0 aromatic heterocycles. The van der Waals surface area contributed by atoms with Crippen molar-refractivity contribution < 1.29 is 19.4 Å². The fourth-order valence-corrected chi connectivity index (χ4v) is 1.47. The SMILES string of the molecule is COc1ccc(C)cc1SOOO. The van der Waals surface area contributed by atoms with Crippen molar-refractivity contribution >= 4 is 12.0 Å². The van der Waals surface area contributed by atoms with Crippen molar-refractivity contribution in [1.82, 2.24) is 0 Å². The minimum atomic E-state index is 0.674. The second-order valence-corrected chi connectivity index (χ2v) is 3.12. The summed E-state index contributed by atoms with van der Waals surface area (Å²) in [5, 5.41) is 11.5. The molecule has 1 aromatic rings. The van der Waals surface area contributed by atoms with Crippen LogP contribution in [-0.4, -0.2) is 12.4 Å². The molecule has 0 unspecified atom stereocenters. The Morgan fingerprint density at radius 3 is 2.77 bits per heavy atom. The molecule has 1 aromatic carbocycles. The maximum atomic E-state index is 7.98. The average molecular weight is 202 g/mol. The second-order valence-electron chi connectivity index (χ2n) is 2.38. The van der Waals surface area contributed by atoms with Gasteiger partial charge in [-0.15, -0.1) is 4.33 Å². The molecule has 0 atom stereocenters. The number of rotatable bonds is 4. The van der Waals surface area contributed by atoms with E-state index in [1.54, 1.807) is 7.11 Å². The van der Waals surface area contributed by atoms with Gasteiger partial charge in [0, 0.05) is 0 Å². The maximum absolute atomic E-state index is 7.98. The predicted octanol–water partition coefficient (Wildman–Crippen LogP) is 2.43. The van der Waals surface area contributed by atoms with Gasteiger partial charge in [0.1, 0.15) is 5.75 Å². The van der Waals surface area contributed by atoms with Gasteiger partial charge in [-0.25, -0.2) is 5.26 Å². The molecule has 0 heterocycles. The fraction of sp³-hybridized carbons (Fsp3) is 0.250. The first-order valence-corrected chi connectivity index (χ1v) is 4.31. The molecule has 0 radical (unpaired) electrons. The van der Waals surface area contributed by atoms with E-state index in [0.717, 1.165) is 22.5 Å². The first-order chi connectivity index (χ1) is 6.27. The standard InChI is InChI=1S/C8H10O4S/c1-6-3-4-7(10-2)8(5-6)13-12-11-9/h3-5,9H,1-2H3. The molecule has 4 nitrogen and oxygen atoms in total. The maximum Gasteiger partial charge on any atom is 0.134 e. The van der Waals surface area contributed by atoms with Crippen LogP contribution in [0.3, 0.4) is 0 Å². The van der Waals surface area contributed by atoms with E-state index in [4.69, 9.17) is 9.99 Å². The van der Waals surface area contributed by atoms with Crippen molar-refractivity contribution in [3.05, 3.63) is 23.8 Å². The summed E-state index contributed by atoms with van der Waals surface area (Å²) in [5.74, 6) is 0.674. The van der Waals surface area contributed by atoms with Crippen molar-refractivity contribution in [1.29, 1.82) is 0 Å². The van der Waals surface area contributed by atoms with Gasteiger partial charge in [0.25, 0.3) is 0 Å². The van der Waals surface area contributed by atoms with Crippen LogP contribution in [0.25, 0.3) is 0 Å². The Morgan fingerprint density at radius 1 is 1.38 bits per heavy atom. The van der Waals surface area contributed by atoms with Gasteiger partial charge in [-0.1, -0.05) is 11.1 Å². The zero-order chi connectivity index (χ0) is 9.68. The number of hydrogen-bond donors (Lipinski definition) is 1. The van der Waals surface area contributed by atoms with E-state index < -0.39 is 0 Å². The van der Waals surface area contributed by atoms with Gasteiger partial charge in [0.05, 0.1) is 24.0 Å². The molecule has 0 spiro atoms. The van der Waals surface area contributed by atoms with Gasteiger partial charge in [0.2, 0.25) is 0 Å². The molecule has 0 saturated heterocycles.